The third-order valence-electron chi connectivity index (χ3n) is 3.24. The van der Waals surface area contributed by atoms with Crippen LogP contribution in [-0.4, -0.2) is 39.7 Å². The van der Waals surface area contributed by atoms with Crippen LogP contribution >= 0.6 is 0 Å². The van der Waals surface area contributed by atoms with Gasteiger partial charge in [0.2, 0.25) is 11.9 Å². The van der Waals surface area contributed by atoms with Gasteiger partial charge < -0.3 is 10.5 Å². The summed E-state index contributed by atoms with van der Waals surface area (Å²) in [6.45, 7) is 0. The van der Waals surface area contributed by atoms with Gasteiger partial charge in [0.25, 0.3) is 0 Å². The molecule has 1 aliphatic rings. The summed E-state index contributed by atoms with van der Waals surface area (Å²) in [4.78, 5) is 27.0. The van der Waals surface area contributed by atoms with Crippen molar-refractivity contribution in [1.29, 1.82) is 0 Å². The van der Waals surface area contributed by atoms with Crippen molar-refractivity contribution in [2.75, 3.05) is 12.4 Å². The first-order valence-corrected chi connectivity index (χ1v) is 6.12. The zero-order valence-electron chi connectivity index (χ0n) is 10.7. The standard InChI is InChI=1S/C11H17N5O3/c1-19-8(17)6-7-13-10(16-15-7)14-9(18)11(12)4-2-3-5-11/h2-6,12H2,1H3,(H2,13,14,15,16,18). The molecule has 0 saturated heterocycles. The van der Waals surface area contributed by atoms with Gasteiger partial charge in [-0.05, 0) is 12.8 Å². The van der Waals surface area contributed by atoms with Crippen molar-refractivity contribution in [3.63, 3.8) is 0 Å². The van der Waals surface area contributed by atoms with Crippen molar-refractivity contribution in [2.45, 2.75) is 37.6 Å². The molecule has 0 spiro atoms. The number of aromatic amines is 1. The molecule has 0 aliphatic heterocycles. The molecule has 0 atom stereocenters. The smallest absolute Gasteiger partial charge is 0.313 e. The van der Waals surface area contributed by atoms with Gasteiger partial charge in [-0.25, -0.2) is 0 Å². The van der Waals surface area contributed by atoms with Gasteiger partial charge in [-0.2, -0.15) is 4.98 Å². The highest BCUT2D eigenvalue weighted by molar-refractivity contribution is 5.96. The van der Waals surface area contributed by atoms with E-state index >= 15 is 0 Å². The van der Waals surface area contributed by atoms with E-state index in [0.717, 1.165) is 12.8 Å². The number of H-pyrrole nitrogens is 1. The molecule has 4 N–H and O–H groups in total. The number of amides is 1. The highest BCUT2D eigenvalue weighted by Crippen LogP contribution is 2.27. The molecule has 1 aliphatic carbocycles. The van der Waals surface area contributed by atoms with E-state index in [2.05, 4.69) is 25.2 Å². The number of nitrogens with zero attached hydrogens (tertiary/aromatic N) is 2. The predicted octanol–water partition coefficient (Wildman–Crippen LogP) is -0.270. The van der Waals surface area contributed by atoms with Gasteiger partial charge in [0.15, 0.2) is 0 Å². The molecule has 2 rings (SSSR count). The molecular weight excluding hydrogens is 250 g/mol. The maximum absolute atomic E-state index is 12.0. The summed E-state index contributed by atoms with van der Waals surface area (Å²) in [5.74, 6) is -0.256. The van der Waals surface area contributed by atoms with E-state index in [9.17, 15) is 9.59 Å². The average molecular weight is 267 g/mol. The van der Waals surface area contributed by atoms with Gasteiger partial charge in [-0.1, -0.05) is 12.8 Å². The Morgan fingerprint density at radius 2 is 2.16 bits per heavy atom. The highest BCUT2D eigenvalue weighted by Gasteiger charge is 2.37. The van der Waals surface area contributed by atoms with Gasteiger partial charge in [-0.3, -0.25) is 20.0 Å². The Morgan fingerprint density at radius 3 is 2.79 bits per heavy atom. The summed E-state index contributed by atoms with van der Waals surface area (Å²) in [6, 6.07) is 0. The van der Waals surface area contributed by atoms with E-state index in [1.165, 1.54) is 7.11 Å². The topological polar surface area (TPSA) is 123 Å². The van der Waals surface area contributed by atoms with E-state index in [-0.39, 0.29) is 18.3 Å². The summed E-state index contributed by atoms with van der Waals surface area (Å²) < 4.78 is 4.51. The molecule has 0 unspecified atom stereocenters. The first-order chi connectivity index (χ1) is 9.03. The van der Waals surface area contributed by atoms with Crippen molar-refractivity contribution in [2.24, 2.45) is 5.73 Å². The van der Waals surface area contributed by atoms with Crippen LogP contribution in [0.2, 0.25) is 0 Å². The van der Waals surface area contributed by atoms with Crippen molar-refractivity contribution in [1.82, 2.24) is 15.2 Å². The molecule has 1 heterocycles. The van der Waals surface area contributed by atoms with E-state index < -0.39 is 11.5 Å². The fourth-order valence-corrected chi connectivity index (χ4v) is 2.10. The molecule has 19 heavy (non-hydrogen) atoms. The molecule has 1 fully saturated rings. The maximum atomic E-state index is 12.0. The Morgan fingerprint density at radius 1 is 1.47 bits per heavy atom. The zero-order valence-corrected chi connectivity index (χ0v) is 10.7. The largest absolute Gasteiger partial charge is 0.469 e. The summed E-state index contributed by atoms with van der Waals surface area (Å²) in [6.07, 6.45) is 3.21. The summed E-state index contributed by atoms with van der Waals surface area (Å²) in [5.41, 5.74) is 5.18. The Bertz CT molecular complexity index is 478. The van der Waals surface area contributed by atoms with E-state index in [1.807, 2.05) is 0 Å². The number of methoxy groups -OCH3 is 1. The van der Waals surface area contributed by atoms with E-state index in [4.69, 9.17) is 5.73 Å². The van der Waals surface area contributed by atoms with Crippen LogP contribution in [0, 0.1) is 0 Å². The minimum atomic E-state index is -0.830. The summed E-state index contributed by atoms with van der Waals surface area (Å²) in [7, 11) is 1.29. The number of nitrogens with one attached hydrogen (secondary N) is 2. The number of hydrogen-bond acceptors (Lipinski definition) is 6. The summed E-state index contributed by atoms with van der Waals surface area (Å²) in [5, 5.41) is 8.94. The fourth-order valence-electron chi connectivity index (χ4n) is 2.10. The van der Waals surface area contributed by atoms with Crippen LogP contribution in [0.1, 0.15) is 31.5 Å². The molecule has 1 amide bonds. The maximum Gasteiger partial charge on any atom is 0.313 e. The lowest BCUT2D eigenvalue weighted by atomic mass is 9.98. The predicted molar refractivity (Wildman–Crippen MR) is 66.1 cm³/mol. The number of ether oxygens (including phenoxy) is 1. The zero-order chi connectivity index (χ0) is 13.9. The van der Waals surface area contributed by atoms with Crippen LogP contribution in [0.15, 0.2) is 0 Å². The number of hydrogen-bond donors (Lipinski definition) is 3. The van der Waals surface area contributed by atoms with Gasteiger partial charge in [0.05, 0.1) is 12.6 Å². The molecule has 104 valence electrons. The second-order valence-corrected chi connectivity index (χ2v) is 4.68. The lowest BCUT2D eigenvalue weighted by Gasteiger charge is -2.20. The average Bonchev–Trinajstić information content (AvgIpc) is 2.99. The Balaban J connectivity index is 1.96. The third kappa shape index (κ3) is 3.08. The molecule has 1 aromatic heterocycles. The van der Waals surface area contributed by atoms with Gasteiger partial charge >= 0.3 is 5.97 Å². The van der Waals surface area contributed by atoms with Crippen LogP contribution in [0.3, 0.4) is 0 Å². The number of anilines is 1. The van der Waals surface area contributed by atoms with Crippen molar-refractivity contribution in [3.05, 3.63) is 5.82 Å². The van der Waals surface area contributed by atoms with Crippen molar-refractivity contribution in [3.8, 4) is 0 Å². The number of carbonyl (C=O) groups excluding carboxylic acids is 2. The second kappa shape index (κ2) is 5.35. The fraction of sp³-hybridized carbons (Fsp3) is 0.636. The molecular formula is C11H17N5O3. The molecule has 8 heteroatoms. The van der Waals surface area contributed by atoms with Crippen LogP contribution in [0.4, 0.5) is 5.95 Å². The van der Waals surface area contributed by atoms with E-state index in [0.29, 0.717) is 18.7 Å². The van der Waals surface area contributed by atoms with Crippen LogP contribution in [0.5, 0.6) is 0 Å². The molecule has 1 aromatic rings. The number of esters is 1. The normalized spacial score (nSPS) is 17.2. The number of carbonyl (C=O) groups is 2. The monoisotopic (exact) mass is 267 g/mol. The third-order valence-corrected chi connectivity index (χ3v) is 3.24. The Kier molecular flexibility index (Phi) is 3.79. The van der Waals surface area contributed by atoms with Crippen LogP contribution < -0.4 is 11.1 Å². The molecule has 0 radical (unpaired) electrons. The second-order valence-electron chi connectivity index (χ2n) is 4.68. The number of rotatable bonds is 4. The molecule has 8 nitrogen and oxygen atoms in total. The highest BCUT2D eigenvalue weighted by atomic mass is 16.5. The van der Waals surface area contributed by atoms with Gasteiger partial charge in [0, 0.05) is 0 Å². The summed E-state index contributed by atoms with van der Waals surface area (Å²) >= 11 is 0. The SMILES string of the molecule is COC(=O)Cc1nc(NC(=O)C2(N)CCCC2)n[nH]1. The Hall–Kier alpha value is -1.96. The van der Waals surface area contributed by atoms with Gasteiger partial charge in [0.1, 0.15) is 12.2 Å². The van der Waals surface area contributed by atoms with Crippen LogP contribution in [-0.2, 0) is 20.7 Å². The van der Waals surface area contributed by atoms with Crippen molar-refractivity contribution < 1.29 is 14.3 Å². The van der Waals surface area contributed by atoms with Gasteiger partial charge in [-0.15, -0.1) is 5.10 Å². The molecule has 1 saturated carbocycles. The lowest BCUT2D eigenvalue weighted by Crippen LogP contribution is -2.48. The first kappa shape index (κ1) is 13.5. The first-order valence-electron chi connectivity index (χ1n) is 6.12. The molecule has 0 bridgehead atoms. The Labute approximate surface area is 110 Å². The van der Waals surface area contributed by atoms with E-state index in [1.54, 1.807) is 0 Å². The lowest BCUT2D eigenvalue weighted by molar-refractivity contribution is -0.139. The number of aromatic nitrogens is 3. The van der Waals surface area contributed by atoms with Crippen LogP contribution in [0.25, 0.3) is 0 Å². The molecule has 0 aromatic carbocycles. The van der Waals surface area contributed by atoms with Crippen molar-refractivity contribution >= 4 is 17.8 Å². The quantitative estimate of drug-likeness (QED) is 0.645. The minimum absolute atomic E-state index is 0.0207. The minimum Gasteiger partial charge on any atom is -0.469 e. The number of nitrogens with two attached hydrogens (primary N) is 1.